The minimum Gasteiger partial charge on any atom is -0.449 e. The highest BCUT2D eigenvalue weighted by atomic mass is 79.9. The van der Waals surface area contributed by atoms with Gasteiger partial charge in [0.05, 0.1) is 12.2 Å². The Bertz CT molecular complexity index is 628. The molecule has 0 radical (unpaired) electrons. The van der Waals surface area contributed by atoms with Gasteiger partial charge in [-0.1, -0.05) is 41.4 Å². The molecule has 1 aliphatic heterocycles. The number of carbonyl (C=O) groups is 1. The first-order valence-electron chi connectivity index (χ1n) is 10.1. The highest BCUT2D eigenvalue weighted by Crippen LogP contribution is 2.44. The highest BCUT2D eigenvalue weighted by molar-refractivity contribution is 9.10. The smallest absolute Gasteiger partial charge is 0.409 e. The largest absolute Gasteiger partial charge is 0.449 e. The lowest BCUT2D eigenvalue weighted by Crippen LogP contribution is -2.53. The zero-order chi connectivity index (χ0) is 19.3. The van der Waals surface area contributed by atoms with Crippen LogP contribution in [0.3, 0.4) is 0 Å². The molecule has 1 atom stereocenters. The lowest BCUT2D eigenvalue weighted by Gasteiger charge is -2.46. The number of nitrogens with zero attached hydrogens (tertiary/aromatic N) is 2. The van der Waals surface area contributed by atoms with E-state index >= 15 is 0 Å². The second-order valence-electron chi connectivity index (χ2n) is 7.82. The molecule has 1 saturated carbocycles. The van der Waals surface area contributed by atoms with E-state index in [-0.39, 0.29) is 12.0 Å². The average Bonchev–Trinajstić information content (AvgIpc) is 2.65. The number of hydrogen-bond donors (Lipinski definition) is 1. The van der Waals surface area contributed by atoms with Crippen LogP contribution in [0.5, 0.6) is 0 Å². The second kappa shape index (κ2) is 9.39. The number of hydrogen-bond acceptors (Lipinski definition) is 4. The molecule has 6 heteroatoms. The van der Waals surface area contributed by atoms with Gasteiger partial charge in [-0.15, -0.1) is 0 Å². The van der Waals surface area contributed by atoms with Crippen molar-refractivity contribution in [3.05, 3.63) is 34.3 Å². The summed E-state index contributed by atoms with van der Waals surface area (Å²) in [6.45, 7) is 6.44. The average molecular weight is 439 g/mol. The van der Waals surface area contributed by atoms with E-state index in [4.69, 9.17) is 4.74 Å². The summed E-state index contributed by atoms with van der Waals surface area (Å²) in [6.07, 6.45) is 4.59. The summed E-state index contributed by atoms with van der Waals surface area (Å²) in [5.41, 5.74) is 0.588. The molecule has 0 spiro atoms. The van der Waals surface area contributed by atoms with Crippen LogP contribution in [0.25, 0.3) is 0 Å². The predicted octanol–water partition coefficient (Wildman–Crippen LogP) is 4.00. The minimum atomic E-state index is -0.600. The van der Waals surface area contributed by atoms with Crippen LogP contribution in [0.4, 0.5) is 4.79 Å². The molecule has 0 aromatic heterocycles. The predicted molar refractivity (Wildman–Crippen MR) is 110 cm³/mol. The van der Waals surface area contributed by atoms with E-state index in [2.05, 4.69) is 39.9 Å². The van der Waals surface area contributed by atoms with E-state index in [1.807, 2.05) is 12.1 Å². The van der Waals surface area contributed by atoms with Crippen molar-refractivity contribution in [2.24, 2.45) is 0 Å². The number of aliphatic hydroxyl groups is 1. The molecule has 1 saturated heterocycles. The van der Waals surface area contributed by atoms with E-state index in [0.29, 0.717) is 19.7 Å². The number of unbranched alkanes of at least 4 members (excludes halogenated alkanes) is 1. The Morgan fingerprint density at radius 1 is 1.30 bits per heavy atom. The van der Waals surface area contributed by atoms with Gasteiger partial charge in [0, 0.05) is 43.1 Å². The molecule has 150 valence electrons. The highest BCUT2D eigenvalue weighted by Gasteiger charge is 2.43. The Kier molecular flexibility index (Phi) is 7.17. The van der Waals surface area contributed by atoms with Crippen molar-refractivity contribution in [1.29, 1.82) is 0 Å². The van der Waals surface area contributed by atoms with Gasteiger partial charge >= 0.3 is 6.09 Å². The van der Waals surface area contributed by atoms with Crippen LogP contribution in [0.15, 0.2) is 28.7 Å². The van der Waals surface area contributed by atoms with Crippen LogP contribution >= 0.6 is 15.9 Å². The van der Waals surface area contributed by atoms with Crippen molar-refractivity contribution in [1.82, 2.24) is 9.80 Å². The molecule has 1 N–H and O–H groups in total. The van der Waals surface area contributed by atoms with Crippen LogP contribution < -0.4 is 0 Å². The first-order valence-corrected chi connectivity index (χ1v) is 10.9. The molecule has 1 unspecified atom stereocenters. The fourth-order valence-electron chi connectivity index (χ4n) is 3.96. The second-order valence-corrected chi connectivity index (χ2v) is 8.74. The molecule has 1 aliphatic carbocycles. The lowest BCUT2D eigenvalue weighted by molar-refractivity contribution is -0.0667. The maximum Gasteiger partial charge on any atom is 0.409 e. The van der Waals surface area contributed by atoms with Gasteiger partial charge in [0.25, 0.3) is 0 Å². The van der Waals surface area contributed by atoms with Crippen LogP contribution in [0.2, 0.25) is 0 Å². The van der Waals surface area contributed by atoms with Gasteiger partial charge in [-0.05, 0) is 43.4 Å². The summed E-state index contributed by atoms with van der Waals surface area (Å²) in [6, 6.07) is 8.31. The van der Waals surface area contributed by atoms with E-state index in [1.165, 1.54) is 5.56 Å². The van der Waals surface area contributed by atoms with Crippen LogP contribution in [0.1, 0.15) is 50.5 Å². The van der Waals surface area contributed by atoms with Gasteiger partial charge in [0.15, 0.2) is 0 Å². The lowest BCUT2D eigenvalue weighted by atomic mass is 9.68. The molecule has 2 fully saturated rings. The number of benzene rings is 1. The summed E-state index contributed by atoms with van der Waals surface area (Å²) < 4.78 is 6.37. The Balaban J connectivity index is 1.57. The maximum atomic E-state index is 12.1. The topological polar surface area (TPSA) is 53.0 Å². The van der Waals surface area contributed by atoms with Crippen molar-refractivity contribution in [3.63, 3.8) is 0 Å². The van der Waals surface area contributed by atoms with E-state index < -0.39 is 5.60 Å². The van der Waals surface area contributed by atoms with Crippen molar-refractivity contribution in [2.45, 2.75) is 50.5 Å². The Morgan fingerprint density at radius 2 is 2.04 bits per heavy atom. The quantitative estimate of drug-likeness (QED) is 0.653. The molecule has 1 amide bonds. The first-order chi connectivity index (χ1) is 13.0. The monoisotopic (exact) mass is 438 g/mol. The number of amides is 1. The Hall–Kier alpha value is -1.11. The number of carbonyl (C=O) groups excluding carboxylic acids is 1. The van der Waals surface area contributed by atoms with E-state index in [1.54, 1.807) is 4.90 Å². The molecule has 3 rings (SSSR count). The number of ether oxygens (including phenoxy) is 1. The molecule has 27 heavy (non-hydrogen) atoms. The Labute approximate surface area is 170 Å². The first kappa shape index (κ1) is 20.6. The molecular formula is C21H31BrN2O3. The molecule has 1 aromatic carbocycles. The molecule has 0 bridgehead atoms. The fourth-order valence-corrected chi connectivity index (χ4v) is 4.38. The molecule has 1 heterocycles. The van der Waals surface area contributed by atoms with Crippen molar-refractivity contribution >= 4 is 22.0 Å². The Morgan fingerprint density at radius 3 is 2.63 bits per heavy atom. The summed E-state index contributed by atoms with van der Waals surface area (Å²) in [5.74, 6) is 0.104. The fraction of sp³-hybridized carbons (Fsp3) is 0.667. The van der Waals surface area contributed by atoms with Gasteiger partial charge in [-0.25, -0.2) is 4.79 Å². The van der Waals surface area contributed by atoms with E-state index in [0.717, 1.165) is 56.2 Å². The van der Waals surface area contributed by atoms with Crippen LogP contribution in [-0.4, -0.2) is 65.9 Å². The van der Waals surface area contributed by atoms with Crippen molar-refractivity contribution in [3.8, 4) is 0 Å². The zero-order valence-corrected chi connectivity index (χ0v) is 17.8. The number of rotatable bonds is 7. The van der Waals surface area contributed by atoms with Crippen LogP contribution in [0, 0.1) is 0 Å². The summed E-state index contributed by atoms with van der Waals surface area (Å²) in [4.78, 5) is 16.3. The van der Waals surface area contributed by atoms with Crippen molar-refractivity contribution < 1.29 is 14.6 Å². The van der Waals surface area contributed by atoms with Gasteiger partial charge in [-0.3, -0.25) is 4.90 Å². The zero-order valence-electron chi connectivity index (χ0n) is 16.2. The third-order valence-electron chi connectivity index (χ3n) is 5.91. The van der Waals surface area contributed by atoms with Gasteiger partial charge in [0.1, 0.15) is 0 Å². The summed E-state index contributed by atoms with van der Waals surface area (Å²) >= 11 is 3.56. The standard InChI is InChI=1S/C21H31BrN2O3/c1-2-3-14-27-20(25)24-12-10-23(11-13-24)16-19(21(26)8-5-9-21)17-6-4-7-18(22)15-17/h4,6-7,15,19,26H,2-3,5,8-14,16H2,1H3. The number of halogens is 1. The normalized spacial score (nSPS) is 20.8. The van der Waals surface area contributed by atoms with Gasteiger partial charge in [0.2, 0.25) is 0 Å². The SMILES string of the molecule is CCCCOC(=O)N1CCN(CC(c2cccc(Br)c2)C2(O)CCC2)CC1. The van der Waals surface area contributed by atoms with Crippen LogP contribution in [-0.2, 0) is 4.74 Å². The number of piperazine rings is 1. The van der Waals surface area contributed by atoms with Gasteiger partial charge < -0.3 is 14.7 Å². The van der Waals surface area contributed by atoms with Crippen molar-refractivity contribution in [2.75, 3.05) is 39.3 Å². The molecule has 2 aliphatic rings. The summed E-state index contributed by atoms with van der Waals surface area (Å²) in [7, 11) is 0. The maximum absolute atomic E-state index is 12.1. The molecule has 5 nitrogen and oxygen atoms in total. The van der Waals surface area contributed by atoms with E-state index in [9.17, 15) is 9.90 Å². The summed E-state index contributed by atoms with van der Waals surface area (Å²) in [5, 5.41) is 11.1. The third kappa shape index (κ3) is 5.24. The third-order valence-corrected chi connectivity index (χ3v) is 6.41. The minimum absolute atomic E-state index is 0.104. The molecule has 1 aromatic rings. The molecular weight excluding hydrogens is 408 g/mol. The van der Waals surface area contributed by atoms with Gasteiger partial charge in [-0.2, -0.15) is 0 Å².